The molecule has 17 nitrogen and oxygen atoms in total. The number of anilines is 1. The van der Waals surface area contributed by atoms with Gasteiger partial charge in [0.2, 0.25) is 23.6 Å². The molecule has 6 atom stereocenters. The molecule has 6 amide bonds. The highest BCUT2D eigenvalue weighted by atomic mass is 32.1. The number of nitrogens with one attached hydrogen (secondary N) is 2. The SMILES string of the molecule is O=C1CCC(c2ccc(OCC(=O)N3CCN(c4ccncc4C4CN(C(=O)[C@@H]5CC[C@@H]6C[C@H]7C[C@H]7C[C@H](NC(=O)c7cc8cc(C(F)(F)P(=O)(O)O)ccc8s7)C(=O)N65)C4)CC3)cc2)C(=O)N1. The van der Waals surface area contributed by atoms with Gasteiger partial charge in [-0.15, -0.1) is 11.3 Å². The predicted octanol–water partition coefficient (Wildman–Crippen LogP) is 4.29. The average Bonchev–Trinajstić information content (AvgIpc) is 3.65. The molecule has 0 bridgehead atoms. The highest BCUT2D eigenvalue weighted by Crippen LogP contribution is 2.59. The monoisotopic (exact) mass is 973 g/mol. The number of fused-ring (bicyclic) bond motifs is 3. The molecule has 10 rings (SSSR count). The zero-order valence-corrected chi connectivity index (χ0v) is 38.5. The van der Waals surface area contributed by atoms with Gasteiger partial charge in [-0.25, -0.2) is 0 Å². The molecule has 1 saturated carbocycles. The molecule has 68 heavy (non-hydrogen) atoms. The molecule has 0 spiro atoms. The number of aromatic nitrogens is 1. The summed E-state index contributed by atoms with van der Waals surface area (Å²) in [6, 6.07) is 11.8. The number of hydrogen-bond acceptors (Lipinski definition) is 11. The first-order valence-corrected chi connectivity index (χ1v) is 25.4. The maximum atomic E-state index is 14.5. The van der Waals surface area contributed by atoms with E-state index in [1.165, 1.54) is 12.1 Å². The minimum absolute atomic E-state index is 0.0111. The second kappa shape index (κ2) is 17.9. The van der Waals surface area contributed by atoms with Crippen LogP contribution in [0.4, 0.5) is 14.5 Å². The number of piperidine rings is 1. The molecule has 2 aromatic heterocycles. The first kappa shape index (κ1) is 45.9. The molecule has 0 radical (unpaired) electrons. The summed E-state index contributed by atoms with van der Waals surface area (Å²) in [5, 5.41) is 5.48. The Kier molecular flexibility index (Phi) is 12.1. The van der Waals surface area contributed by atoms with Crippen LogP contribution < -0.4 is 20.3 Å². The van der Waals surface area contributed by atoms with E-state index in [0.29, 0.717) is 81.3 Å². The number of nitrogens with zero attached hydrogens (tertiary/aromatic N) is 5. The van der Waals surface area contributed by atoms with Gasteiger partial charge in [0.05, 0.1) is 10.8 Å². The third-order valence-corrected chi connectivity index (χ3v) is 16.7. The Morgan fingerprint density at radius 1 is 0.912 bits per heavy atom. The van der Waals surface area contributed by atoms with Crippen LogP contribution in [0.25, 0.3) is 10.1 Å². The highest BCUT2D eigenvalue weighted by Gasteiger charge is 2.53. The lowest BCUT2D eigenvalue weighted by Crippen LogP contribution is -2.60. The van der Waals surface area contributed by atoms with Gasteiger partial charge in [-0.3, -0.25) is 43.6 Å². The van der Waals surface area contributed by atoms with E-state index in [-0.39, 0.29) is 70.7 Å². The Balaban J connectivity index is 0.737. The minimum Gasteiger partial charge on any atom is -0.484 e. The van der Waals surface area contributed by atoms with Gasteiger partial charge in [0.15, 0.2) is 6.61 Å². The standard InChI is InChI=1S/C47H50F2N7O10PS/c48-47(49,67(63,64)65)31-3-9-39-29(18-31)21-40(68-39)44(60)51-36-20-28-17-27(28)19-32-4-8-38(56(32)45(36)61)46(62)55-23-30(24-55)35-22-50-12-11-37(35)53-13-15-54(16-14-53)42(58)25-66-33-5-1-26(2-6-33)34-7-10-41(57)52-43(34)59/h1-3,5-6,9,11-12,18,21-22,27-28,30,32,34,36,38H,4,7-8,10,13-17,19-20,23-25H2,(H,51,60)(H,52,57,59)(H2,63,64,65)/t27-,28+,32-,34?,36+,38+/m1/s1. The molecule has 2 aromatic carbocycles. The van der Waals surface area contributed by atoms with Gasteiger partial charge < -0.3 is 39.4 Å². The fourth-order valence-corrected chi connectivity index (χ4v) is 12.1. The summed E-state index contributed by atoms with van der Waals surface area (Å²) in [4.78, 5) is 110. The summed E-state index contributed by atoms with van der Waals surface area (Å²) >= 11 is 1.02. The number of ether oxygens (including phenoxy) is 1. The second-order valence-corrected chi connectivity index (χ2v) is 21.5. The summed E-state index contributed by atoms with van der Waals surface area (Å²) in [5.41, 5.74) is -2.50. The third kappa shape index (κ3) is 8.87. The molecule has 1 aliphatic carbocycles. The minimum atomic E-state index is -5.80. The number of pyridine rings is 1. The Labute approximate surface area is 393 Å². The maximum Gasteiger partial charge on any atom is 0.399 e. The van der Waals surface area contributed by atoms with Gasteiger partial charge in [-0.1, -0.05) is 18.2 Å². The molecular weight excluding hydrogens is 924 g/mol. The van der Waals surface area contributed by atoms with E-state index in [9.17, 15) is 51.9 Å². The number of hydrogen-bond donors (Lipinski definition) is 4. The molecule has 7 heterocycles. The van der Waals surface area contributed by atoms with Crippen molar-refractivity contribution in [1.82, 2.24) is 30.3 Å². The number of likely N-dealkylation sites (tertiary alicyclic amines) is 1. The highest BCUT2D eigenvalue weighted by molar-refractivity contribution is 7.52. The van der Waals surface area contributed by atoms with Crippen molar-refractivity contribution in [3.63, 3.8) is 0 Å². The van der Waals surface area contributed by atoms with Crippen LogP contribution in [-0.2, 0) is 34.2 Å². The second-order valence-electron chi connectivity index (χ2n) is 18.8. The molecule has 21 heteroatoms. The van der Waals surface area contributed by atoms with E-state index in [0.717, 1.165) is 53.1 Å². The third-order valence-electron chi connectivity index (χ3n) is 14.6. The van der Waals surface area contributed by atoms with Crippen molar-refractivity contribution < 1.29 is 56.6 Å². The largest absolute Gasteiger partial charge is 0.484 e. The van der Waals surface area contributed by atoms with Gasteiger partial charge in [0, 0.05) is 91.6 Å². The first-order valence-electron chi connectivity index (χ1n) is 22.9. The van der Waals surface area contributed by atoms with Crippen molar-refractivity contribution >= 4 is 70.1 Å². The molecule has 5 aliphatic heterocycles. The van der Waals surface area contributed by atoms with E-state index in [4.69, 9.17) is 4.74 Å². The summed E-state index contributed by atoms with van der Waals surface area (Å²) in [6.45, 7) is 2.89. The number of amides is 6. The van der Waals surface area contributed by atoms with E-state index in [2.05, 4.69) is 20.5 Å². The number of alkyl halides is 2. The molecule has 6 fully saturated rings. The zero-order valence-electron chi connectivity index (χ0n) is 36.8. The lowest BCUT2D eigenvalue weighted by molar-refractivity contribution is -0.149. The average molecular weight is 974 g/mol. The Hall–Kier alpha value is -5.82. The van der Waals surface area contributed by atoms with E-state index < -0.39 is 42.7 Å². The summed E-state index contributed by atoms with van der Waals surface area (Å²) in [7, 11) is -5.80. The van der Waals surface area contributed by atoms with Crippen LogP contribution in [0, 0.1) is 11.8 Å². The topological polar surface area (TPSA) is 219 Å². The smallest absolute Gasteiger partial charge is 0.399 e. The van der Waals surface area contributed by atoms with Gasteiger partial charge in [0.25, 0.3) is 11.8 Å². The van der Waals surface area contributed by atoms with Crippen LogP contribution in [-0.4, -0.2) is 129 Å². The van der Waals surface area contributed by atoms with Crippen LogP contribution in [0.3, 0.4) is 0 Å². The number of halogens is 2. The van der Waals surface area contributed by atoms with Crippen LogP contribution >= 0.6 is 18.9 Å². The molecule has 1 unspecified atom stereocenters. The van der Waals surface area contributed by atoms with Gasteiger partial charge in [0.1, 0.15) is 17.8 Å². The van der Waals surface area contributed by atoms with Crippen LogP contribution in [0.15, 0.2) is 67.0 Å². The quantitative estimate of drug-likeness (QED) is 0.122. The van der Waals surface area contributed by atoms with Crippen molar-refractivity contribution in [2.75, 3.05) is 50.8 Å². The van der Waals surface area contributed by atoms with E-state index >= 15 is 0 Å². The van der Waals surface area contributed by atoms with Crippen molar-refractivity contribution in [3.05, 3.63) is 88.6 Å². The number of imide groups is 1. The van der Waals surface area contributed by atoms with Crippen LogP contribution in [0.2, 0.25) is 0 Å². The normalized spacial score (nSPS) is 25.5. The maximum absolute atomic E-state index is 14.5. The van der Waals surface area contributed by atoms with Crippen molar-refractivity contribution in [2.45, 2.75) is 80.6 Å². The Bertz CT molecular complexity index is 2740. The predicted molar refractivity (Wildman–Crippen MR) is 243 cm³/mol. The Morgan fingerprint density at radius 3 is 2.40 bits per heavy atom. The van der Waals surface area contributed by atoms with Crippen LogP contribution in [0.5, 0.6) is 5.75 Å². The molecule has 358 valence electrons. The summed E-state index contributed by atoms with van der Waals surface area (Å²) in [5.74, 6) is -1.00. The molecule has 4 aromatic rings. The van der Waals surface area contributed by atoms with E-state index in [1.807, 2.05) is 12.3 Å². The van der Waals surface area contributed by atoms with Gasteiger partial charge >= 0.3 is 13.3 Å². The number of rotatable bonds is 11. The number of benzene rings is 2. The molecule has 4 N–H and O–H groups in total. The van der Waals surface area contributed by atoms with Crippen LogP contribution in [0.1, 0.15) is 83.1 Å². The lowest BCUT2D eigenvalue weighted by atomic mass is 9.90. The zero-order chi connectivity index (χ0) is 47.6. The van der Waals surface area contributed by atoms with Gasteiger partial charge in [-0.2, -0.15) is 8.78 Å². The van der Waals surface area contributed by atoms with E-state index in [1.54, 1.807) is 45.2 Å². The van der Waals surface area contributed by atoms with Gasteiger partial charge in [-0.05, 0) is 97.7 Å². The summed E-state index contributed by atoms with van der Waals surface area (Å²) < 4.78 is 46.7. The Morgan fingerprint density at radius 2 is 1.66 bits per heavy atom. The first-order chi connectivity index (χ1) is 32.5. The summed E-state index contributed by atoms with van der Waals surface area (Å²) in [6.07, 6.45) is 7.62. The molecular formula is C47H50F2N7O10PS. The number of carbonyl (C=O) groups is 6. The number of piperazine rings is 1. The van der Waals surface area contributed by atoms with Crippen molar-refractivity contribution in [2.24, 2.45) is 11.8 Å². The van der Waals surface area contributed by atoms with Crippen molar-refractivity contribution in [1.29, 1.82) is 0 Å². The molecule has 5 saturated heterocycles. The number of carbonyl (C=O) groups excluding carboxylic acids is 6. The lowest BCUT2D eigenvalue weighted by Gasteiger charge is -2.44. The fourth-order valence-electron chi connectivity index (χ4n) is 10.7. The van der Waals surface area contributed by atoms with Crippen molar-refractivity contribution in [3.8, 4) is 5.75 Å². The number of thiophene rings is 1. The molecule has 6 aliphatic rings. The fraction of sp³-hybridized carbons (Fsp3) is 0.468.